The minimum Gasteiger partial charge on any atom is -0.489 e. The van der Waals surface area contributed by atoms with Gasteiger partial charge in [-0.1, -0.05) is 66.7 Å². The minimum absolute atomic E-state index is 0.0401. The topological polar surface area (TPSA) is 62.1 Å². The Labute approximate surface area is 193 Å². The molecule has 1 N–H and O–H groups in total. The quantitative estimate of drug-likeness (QED) is 0.276. The number of amides is 1. The van der Waals surface area contributed by atoms with Crippen molar-refractivity contribution in [1.29, 1.82) is 5.26 Å². The highest BCUT2D eigenvalue weighted by Crippen LogP contribution is 2.24. The number of ether oxygens (including phenoxy) is 1. The van der Waals surface area contributed by atoms with E-state index in [1.165, 1.54) is 16.3 Å². The molecule has 0 heterocycles. The summed E-state index contributed by atoms with van der Waals surface area (Å²) >= 11 is 0. The summed E-state index contributed by atoms with van der Waals surface area (Å²) in [5.41, 5.74) is 4.77. The molecule has 0 aliphatic carbocycles. The van der Waals surface area contributed by atoms with Crippen molar-refractivity contribution in [1.82, 2.24) is 0 Å². The third kappa shape index (κ3) is 5.11. The maximum atomic E-state index is 12.5. The fourth-order valence-corrected chi connectivity index (χ4v) is 3.67. The number of fused-ring (bicyclic) bond motifs is 1. The number of nitrogens with zero attached hydrogens (tertiary/aromatic N) is 1. The number of hydrogen-bond donors (Lipinski definition) is 1. The molecule has 4 aromatic rings. The predicted octanol–water partition coefficient (Wildman–Crippen LogP) is 6.58. The summed E-state index contributed by atoms with van der Waals surface area (Å²) in [4.78, 5) is 12.5. The molecule has 0 atom stereocenters. The Hall–Kier alpha value is -4.36. The second-order valence-corrected chi connectivity index (χ2v) is 7.88. The molecule has 0 saturated heterocycles. The Morgan fingerprint density at radius 1 is 0.909 bits per heavy atom. The smallest absolute Gasteiger partial charge is 0.266 e. The first-order valence-electron chi connectivity index (χ1n) is 10.7. The van der Waals surface area contributed by atoms with Gasteiger partial charge in [0.2, 0.25) is 0 Å². The third-order valence-electron chi connectivity index (χ3n) is 5.61. The molecule has 0 unspecified atom stereocenters. The molecule has 0 aliphatic rings. The lowest BCUT2D eigenvalue weighted by molar-refractivity contribution is -0.112. The second-order valence-electron chi connectivity index (χ2n) is 7.88. The fraction of sp³-hybridized carbons (Fsp3) is 0.103. The summed E-state index contributed by atoms with van der Waals surface area (Å²) < 4.78 is 6.04. The number of aryl methyl sites for hydroxylation is 2. The van der Waals surface area contributed by atoms with E-state index in [4.69, 9.17) is 4.74 Å². The van der Waals surface area contributed by atoms with Gasteiger partial charge in [-0.05, 0) is 65.6 Å². The summed E-state index contributed by atoms with van der Waals surface area (Å²) in [5, 5.41) is 14.7. The molecule has 0 radical (unpaired) electrons. The van der Waals surface area contributed by atoms with Crippen LogP contribution in [0.4, 0.5) is 5.69 Å². The summed E-state index contributed by atoms with van der Waals surface area (Å²) in [6, 6.07) is 29.3. The van der Waals surface area contributed by atoms with Crippen molar-refractivity contribution in [3.63, 3.8) is 0 Å². The lowest BCUT2D eigenvalue weighted by atomic mass is 10.0. The molecule has 4 rings (SSSR count). The molecule has 0 spiro atoms. The zero-order valence-corrected chi connectivity index (χ0v) is 18.6. The van der Waals surface area contributed by atoms with Gasteiger partial charge >= 0.3 is 0 Å². The lowest BCUT2D eigenvalue weighted by Gasteiger charge is -2.12. The summed E-state index contributed by atoms with van der Waals surface area (Å²) in [6.45, 7) is 4.46. The van der Waals surface area contributed by atoms with Crippen LogP contribution < -0.4 is 10.1 Å². The molecule has 4 aromatic carbocycles. The first-order chi connectivity index (χ1) is 16.0. The van der Waals surface area contributed by atoms with Crippen LogP contribution in [-0.4, -0.2) is 5.91 Å². The van der Waals surface area contributed by atoms with Crippen molar-refractivity contribution in [2.45, 2.75) is 20.5 Å². The van der Waals surface area contributed by atoms with Gasteiger partial charge in [-0.3, -0.25) is 4.79 Å². The van der Waals surface area contributed by atoms with Crippen molar-refractivity contribution < 1.29 is 9.53 Å². The number of benzene rings is 4. The first kappa shape index (κ1) is 21.9. The SMILES string of the molecule is Cc1ccccc1NC(=O)/C(C#N)=C/c1ccc(OCc2c(C)ccc3ccccc23)cc1. The average Bonchev–Trinajstić information content (AvgIpc) is 2.84. The van der Waals surface area contributed by atoms with Gasteiger partial charge in [-0.15, -0.1) is 0 Å². The van der Waals surface area contributed by atoms with Crippen LogP contribution in [0.3, 0.4) is 0 Å². The lowest BCUT2D eigenvalue weighted by Crippen LogP contribution is -2.14. The molecule has 0 fully saturated rings. The number of carbonyl (C=O) groups excluding carboxylic acids is 1. The fourth-order valence-electron chi connectivity index (χ4n) is 3.67. The Bertz CT molecular complexity index is 1380. The zero-order chi connectivity index (χ0) is 23.2. The molecule has 4 heteroatoms. The number of para-hydroxylation sites is 1. The van der Waals surface area contributed by atoms with Crippen molar-refractivity contribution >= 4 is 28.4 Å². The summed E-state index contributed by atoms with van der Waals surface area (Å²) in [7, 11) is 0. The molecule has 4 nitrogen and oxygen atoms in total. The van der Waals surface area contributed by atoms with Crippen LogP contribution >= 0.6 is 0 Å². The number of hydrogen-bond acceptors (Lipinski definition) is 3. The molecule has 0 aliphatic heterocycles. The predicted molar refractivity (Wildman–Crippen MR) is 133 cm³/mol. The monoisotopic (exact) mass is 432 g/mol. The van der Waals surface area contributed by atoms with Gasteiger partial charge in [0.25, 0.3) is 5.91 Å². The van der Waals surface area contributed by atoms with E-state index < -0.39 is 5.91 Å². The van der Waals surface area contributed by atoms with E-state index in [0.717, 1.165) is 22.4 Å². The van der Waals surface area contributed by atoms with Crippen molar-refractivity contribution in [2.24, 2.45) is 0 Å². The summed E-state index contributed by atoms with van der Waals surface area (Å²) in [6.07, 6.45) is 1.58. The highest BCUT2D eigenvalue weighted by Gasteiger charge is 2.11. The second kappa shape index (κ2) is 9.84. The van der Waals surface area contributed by atoms with Crippen LogP contribution in [-0.2, 0) is 11.4 Å². The van der Waals surface area contributed by atoms with Crippen LogP contribution in [0.5, 0.6) is 5.75 Å². The summed E-state index contributed by atoms with van der Waals surface area (Å²) in [5.74, 6) is 0.293. The van der Waals surface area contributed by atoms with Gasteiger partial charge in [0.1, 0.15) is 24.0 Å². The Morgan fingerprint density at radius 3 is 2.39 bits per heavy atom. The largest absolute Gasteiger partial charge is 0.489 e. The Kier molecular flexibility index (Phi) is 6.52. The van der Waals surface area contributed by atoms with Gasteiger partial charge in [0, 0.05) is 11.3 Å². The number of nitriles is 1. The Balaban J connectivity index is 1.46. The number of rotatable bonds is 6. The molecule has 0 aromatic heterocycles. The number of carbonyl (C=O) groups is 1. The van der Waals surface area contributed by atoms with Crippen LogP contribution in [0.2, 0.25) is 0 Å². The number of nitrogens with one attached hydrogen (secondary N) is 1. The Morgan fingerprint density at radius 2 is 1.64 bits per heavy atom. The van der Waals surface area contributed by atoms with E-state index in [1.54, 1.807) is 6.08 Å². The molecule has 33 heavy (non-hydrogen) atoms. The maximum Gasteiger partial charge on any atom is 0.266 e. The van der Waals surface area contributed by atoms with Crippen molar-refractivity contribution in [3.8, 4) is 11.8 Å². The maximum absolute atomic E-state index is 12.5. The van der Waals surface area contributed by atoms with E-state index in [0.29, 0.717) is 12.3 Å². The third-order valence-corrected chi connectivity index (χ3v) is 5.61. The van der Waals surface area contributed by atoms with E-state index in [-0.39, 0.29) is 5.57 Å². The molecular weight excluding hydrogens is 408 g/mol. The van der Waals surface area contributed by atoms with Crippen molar-refractivity contribution in [2.75, 3.05) is 5.32 Å². The highest BCUT2D eigenvalue weighted by atomic mass is 16.5. The standard InChI is InChI=1S/C29H24N2O2/c1-20-11-14-23-8-4-5-9-26(23)27(20)19-33-25-15-12-22(13-16-25)17-24(18-30)29(32)31-28-10-6-3-7-21(28)2/h3-17H,19H2,1-2H3,(H,31,32)/b24-17+. The highest BCUT2D eigenvalue weighted by molar-refractivity contribution is 6.09. The minimum atomic E-state index is -0.432. The number of anilines is 1. The van der Waals surface area contributed by atoms with Gasteiger partial charge in [0.15, 0.2) is 0 Å². The van der Waals surface area contributed by atoms with E-state index in [1.807, 2.05) is 73.7 Å². The van der Waals surface area contributed by atoms with E-state index >= 15 is 0 Å². The van der Waals surface area contributed by atoms with Gasteiger partial charge < -0.3 is 10.1 Å². The van der Waals surface area contributed by atoms with Crippen LogP contribution in [0, 0.1) is 25.2 Å². The molecular formula is C29H24N2O2. The van der Waals surface area contributed by atoms with Crippen molar-refractivity contribution in [3.05, 3.63) is 113 Å². The van der Waals surface area contributed by atoms with Gasteiger partial charge in [0.05, 0.1) is 0 Å². The van der Waals surface area contributed by atoms with E-state index in [2.05, 4.69) is 36.5 Å². The van der Waals surface area contributed by atoms with Gasteiger partial charge in [-0.25, -0.2) is 0 Å². The molecule has 0 bridgehead atoms. The molecule has 162 valence electrons. The van der Waals surface area contributed by atoms with E-state index in [9.17, 15) is 10.1 Å². The van der Waals surface area contributed by atoms with Gasteiger partial charge in [-0.2, -0.15) is 5.26 Å². The molecule has 1 amide bonds. The zero-order valence-electron chi connectivity index (χ0n) is 18.6. The average molecular weight is 433 g/mol. The van der Waals surface area contributed by atoms with Crippen LogP contribution in [0.25, 0.3) is 16.8 Å². The van der Waals surface area contributed by atoms with Crippen LogP contribution in [0.15, 0.2) is 90.5 Å². The normalized spacial score (nSPS) is 11.1. The molecule has 0 saturated carbocycles. The first-order valence-corrected chi connectivity index (χ1v) is 10.7. The van der Waals surface area contributed by atoms with Crippen LogP contribution in [0.1, 0.15) is 22.3 Å².